The Labute approximate surface area is 124 Å². The number of primary amides is 1. The minimum atomic E-state index is -0.793. The molecular weight excluding hydrogens is 288 g/mol. The van der Waals surface area contributed by atoms with Crippen molar-refractivity contribution in [2.75, 3.05) is 5.32 Å². The van der Waals surface area contributed by atoms with Crippen molar-refractivity contribution in [3.8, 4) is 6.07 Å². The van der Waals surface area contributed by atoms with Crippen LogP contribution < -0.4 is 11.1 Å². The number of nitriles is 1. The van der Waals surface area contributed by atoms with E-state index in [1.807, 2.05) is 0 Å². The van der Waals surface area contributed by atoms with Gasteiger partial charge in [-0.3, -0.25) is 14.9 Å². The van der Waals surface area contributed by atoms with E-state index in [0.29, 0.717) is 5.56 Å². The number of nitrogens with zero attached hydrogens (tertiary/aromatic N) is 4. The van der Waals surface area contributed by atoms with Crippen molar-refractivity contribution in [3.05, 3.63) is 57.5 Å². The van der Waals surface area contributed by atoms with Gasteiger partial charge in [0.15, 0.2) is 17.2 Å². The van der Waals surface area contributed by atoms with Gasteiger partial charge in [-0.1, -0.05) is 12.1 Å². The molecule has 1 aromatic carbocycles. The van der Waals surface area contributed by atoms with Crippen LogP contribution >= 0.6 is 0 Å². The highest BCUT2D eigenvalue weighted by molar-refractivity contribution is 5.95. The number of nitro benzene ring substituents is 1. The standard InChI is InChI=1S/C13H10N6O3/c14-5-9-7-16-11(12(15)20)13(18-9)17-6-8-2-1-3-10(4-8)19(21)22/h1-4,7H,6H2,(H2,15,20)(H,17,18). The van der Waals surface area contributed by atoms with Gasteiger partial charge in [-0.25, -0.2) is 9.97 Å². The van der Waals surface area contributed by atoms with E-state index in [-0.39, 0.29) is 29.4 Å². The topological polar surface area (TPSA) is 148 Å². The third-order valence-corrected chi connectivity index (χ3v) is 2.70. The Morgan fingerprint density at radius 1 is 1.50 bits per heavy atom. The summed E-state index contributed by atoms with van der Waals surface area (Å²) in [5, 5.41) is 22.3. The van der Waals surface area contributed by atoms with Gasteiger partial charge in [0, 0.05) is 18.7 Å². The molecule has 0 fully saturated rings. The zero-order chi connectivity index (χ0) is 16.1. The van der Waals surface area contributed by atoms with Crippen LogP contribution in [0.3, 0.4) is 0 Å². The summed E-state index contributed by atoms with van der Waals surface area (Å²) in [6.07, 6.45) is 1.14. The normalized spacial score (nSPS) is 9.77. The first-order valence-electron chi connectivity index (χ1n) is 6.05. The number of anilines is 1. The fourth-order valence-electron chi connectivity index (χ4n) is 1.71. The Kier molecular flexibility index (Phi) is 4.24. The molecule has 110 valence electrons. The number of carbonyl (C=O) groups is 1. The first kappa shape index (κ1) is 14.9. The highest BCUT2D eigenvalue weighted by atomic mass is 16.6. The molecule has 1 heterocycles. The van der Waals surface area contributed by atoms with Gasteiger partial charge in [-0.2, -0.15) is 5.26 Å². The number of hydrogen-bond acceptors (Lipinski definition) is 7. The lowest BCUT2D eigenvalue weighted by Gasteiger charge is -2.08. The number of benzene rings is 1. The molecule has 0 aliphatic carbocycles. The van der Waals surface area contributed by atoms with Gasteiger partial charge in [0.2, 0.25) is 0 Å². The number of aromatic nitrogens is 2. The van der Waals surface area contributed by atoms with Crippen molar-refractivity contribution in [2.45, 2.75) is 6.54 Å². The maximum absolute atomic E-state index is 11.3. The van der Waals surface area contributed by atoms with Gasteiger partial charge in [0.05, 0.1) is 11.1 Å². The summed E-state index contributed by atoms with van der Waals surface area (Å²) in [5.41, 5.74) is 5.65. The molecule has 0 radical (unpaired) electrons. The minimum Gasteiger partial charge on any atom is -0.364 e. The van der Waals surface area contributed by atoms with E-state index in [1.54, 1.807) is 18.2 Å². The van der Waals surface area contributed by atoms with E-state index in [1.165, 1.54) is 12.1 Å². The Morgan fingerprint density at radius 2 is 2.27 bits per heavy atom. The van der Waals surface area contributed by atoms with E-state index < -0.39 is 10.8 Å². The second kappa shape index (κ2) is 6.27. The van der Waals surface area contributed by atoms with Gasteiger partial charge in [-0.05, 0) is 5.56 Å². The summed E-state index contributed by atoms with van der Waals surface area (Å²) >= 11 is 0. The Bertz CT molecular complexity index is 784. The van der Waals surface area contributed by atoms with Crippen LogP contribution in [0.1, 0.15) is 21.7 Å². The van der Waals surface area contributed by atoms with Crippen LogP contribution in [0, 0.1) is 21.4 Å². The van der Waals surface area contributed by atoms with Crippen LogP contribution in [0.15, 0.2) is 30.5 Å². The lowest BCUT2D eigenvalue weighted by molar-refractivity contribution is -0.384. The second-order valence-electron chi connectivity index (χ2n) is 4.21. The lowest BCUT2D eigenvalue weighted by Crippen LogP contribution is -2.18. The van der Waals surface area contributed by atoms with E-state index in [9.17, 15) is 14.9 Å². The molecule has 2 aromatic rings. The molecule has 0 aliphatic rings. The Hall–Kier alpha value is -3.54. The van der Waals surface area contributed by atoms with Crippen LogP contribution in [0.5, 0.6) is 0 Å². The van der Waals surface area contributed by atoms with Gasteiger partial charge >= 0.3 is 0 Å². The van der Waals surface area contributed by atoms with Crippen molar-refractivity contribution in [1.29, 1.82) is 5.26 Å². The molecule has 22 heavy (non-hydrogen) atoms. The van der Waals surface area contributed by atoms with Crippen molar-refractivity contribution < 1.29 is 9.72 Å². The smallest absolute Gasteiger partial charge is 0.271 e. The highest BCUT2D eigenvalue weighted by Crippen LogP contribution is 2.15. The van der Waals surface area contributed by atoms with Gasteiger partial charge < -0.3 is 11.1 Å². The molecule has 0 spiro atoms. The second-order valence-corrected chi connectivity index (χ2v) is 4.21. The van der Waals surface area contributed by atoms with Crippen LogP contribution in [-0.4, -0.2) is 20.8 Å². The summed E-state index contributed by atoms with van der Waals surface area (Å²) in [7, 11) is 0. The number of rotatable bonds is 5. The molecule has 0 saturated heterocycles. The van der Waals surface area contributed by atoms with Crippen molar-refractivity contribution in [3.63, 3.8) is 0 Å². The van der Waals surface area contributed by atoms with Gasteiger partial charge in [0.1, 0.15) is 6.07 Å². The number of amides is 1. The number of nitro groups is 1. The first-order chi connectivity index (χ1) is 10.5. The van der Waals surface area contributed by atoms with Gasteiger partial charge in [-0.15, -0.1) is 0 Å². The molecule has 0 atom stereocenters. The summed E-state index contributed by atoms with van der Waals surface area (Å²) in [4.78, 5) is 29.2. The molecule has 9 heteroatoms. The van der Waals surface area contributed by atoms with E-state index in [4.69, 9.17) is 11.0 Å². The predicted octanol–water partition coefficient (Wildman–Crippen LogP) is 0.967. The lowest BCUT2D eigenvalue weighted by atomic mass is 10.2. The predicted molar refractivity (Wildman–Crippen MR) is 75.7 cm³/mol. The quantitative estimate of drug-likeness (QED) is 0.617. The molecule has 9 nitrogen and oxygen atoms in total. The fraction of sp³-hybridized carbons (Fsp3) is 0.0769. The summed E-state index contributed by atoms with van der Waals surface area (Å²) in [6, 6.07) is 7.77. The third-order valence-electron chi connectivity index (χ3n) is 2.70. The molecule has 0 unspecified atom stereocenters. The highest BCUT2D eigenvalue weighted by Gasteiger charge is 2.13. The van der Waals surface area contributed by atoms with Crippen molar-refractivity contribution in [1.82, 2.24) is 9.97 Å². The Balaban J connectivity index is 2.24. The molecule has 3 N–H and O–H groups in total. The molecule has 1 aromatic heterocycles. The van der Waals surface area contributed by atoms with E-state index in [0.717, 1.165) is 6.20 Å². The van der Waals surface area contributed by atoms with Crippen LogP contribution in [0.25, 0.3) is 0 Å². The SMILES string of the molecule is N#Cc1cnc(C(N)=O)c(NCc2cccc([N+](=O)[O-])c2)n1. The zero-order valence-corrected chi connectivity index (χ0v) is 11.2. The molecule has 0 saturated carbocycles. The monoisotopic (exact) mass is 298 g/mol. The number of nitrogens with one attached hydrogen (secondary N) is 1. The maximum Gasteiger partial charge on any atom is 0.271 e. The number of hydrogen-bond donors (Lipinski definition) is 2. The number of non-ortho nitro benzene ring substituents is 1. The van der Waals surface area contributed by atoms with Crippen molar-refractivity contribution >= 4 is 17.4 Å². The average Bonchev–Trinajstić information content (AvgIpc) is 2.52. The van der Waals surface area contributed by atoms with E-state index >= 15 is 0 Å². The minimum absolute atomic E-state index is 0.0199. The van der Waals surface area contributed by atoms with Crippen LogP contribution in [0.2, 0.25) is 0 Å². The molecule has 1 amide bonds. The molecule has 0 aliphatic heterocycles. The number of nitrogens with two attached hydrogens (primary N) is 1. The summed E-state index contributed by atoms with van der Waals surface area (Å²) in [5.74, 6) is -0.739. The largest absolute Gasteiger partial charge is 0.364 e. The Morgan fingerprint density at radius 3 is 2.91 bits per heavy atom. The fourth-order valence-corrected chi connectivity index (χ4v) is 1.71. The van der Waals surface area contributed by atoms with Crippen LogP contribution in [0.4, 0.5) is 11.5 Å². The summed E-state index contributed by atoms with van der Waals surface area (Å²) < 4.78 is 0. The maximum atomic E-state index is 11.3. The summed E-state index contributed by atoms with van der Waals surface area (Å²) in [6.45, 7) is 0.158. The molecular formula is C13H10N6O3. The number of carbonyl (C=O) groups excluding carboxylic acids is 1. The first-order valence-corrected chi connectivity index (χ1v) is 6.05. The van der Waals surface area contributed by atoms with Crippen LogP contribution in [-0.2, 0) is 6.54 Å². The third kappa shape index (κ3) is 3.31. The van der Waals surface area contributed by atoms with E-state index in [2.05, 4.69) is 15.3 Å². The molecule has 0 bridgehead atoms. The molecule has 2 rings (SSSR count). The van der Waals surface area contributed by atoms with Gasteiger partial charge in [0.25, 0.3) is 11.6 Å². The van der Waals surface area contributed by atoms with Crippen molar-refractivity contribution in [2.24, 2.45) is 5.73 Å². The zero-order valence-electron chi connectivity index (χ0n) is 11.2. The average molecular weight is 298 g/mol.